The molecule has 0 spiro atoms. The summed E-state index contributed by atoms with van der Waals surface area (Å²) in [4.78, 5) is 15.8. The fraction of sp³-hybridized carbons (Fsp3) is 0.100. The largest absolute Gasteiger partial charge is 0.478 e. The van der Waals surface area contributed by atoms with E-state index in [4.69, 9.17) is 5.11 Å². The third kappa shape index (κ3) is 2.50. The van der Waals surface area contributed by atoms with Crippen molar-refractivity contribution in [3.8, 4) is 0 Å². The van der Waals surface area contributed by atoms with Crippen molar-refractivity contribution < 1.29 is 9.90 Å². The van der Waals surface area contributed by atoms with Crippen LogP contribution in [0.1, 0.15) is 10.4 Å². The van der Waals surface area contributed by atoms with Crippen molar-refractivity contribution in [3.05, 3.63) is 34.6 Å². The molecule has 1 N–H and O–H groups in total. The molecule has 88 valence electrons. The van der Waals surface area contributed by atoms with E-state index >= 15 is 0 Å². The molecule has 0 fully saturated rings. The molecule has 1 heterocycles. The first-order valence-corrected chi connectivity index (χ1v) is 6.24. The molecule has 7 heteroatoms. The molecule has 0 bridgehead atoms. The van der Waals surface area contributed by atoms with Gasteiger partial charge in [0.2, 0.25) is 0 Å². The fourth-order valence-corrected chi connectivity index (χ4v) is 2.86. The number of nitrogens with zero attached hydrogens (tertiary/aromatic N) is 3. The number of aromatic nitrogens is 3. The summed E-state index contributed by atoms with van der Waals surface area (Å²) < 4.78 is 2.15. The summed E-state index contributed by atoms with van der Waals surface area (Å²) in [5.41, 5.74) is 0.237. The summed E-state index contributed by atoms with van der Waals surface area (Å²) >= 11 is 4.50. The zero-order chi connectivity index (χ0) is 12.4. The molecule has 2 aromatic rings. The predicted octanol–water partition coefficient (Wildman–Crippen LogP) is 2.43. The smallest absolute Gasteiger partial charge is 0.338 e. The minimum Gasteiger partial charge on any atom is -0.478 e. The Hall–Kier alpha value is -1.34. The van der Waals surface area contributed by atoms with Gasteiger partial charge in [-0.15, -0.1) is 0 Å². The molecule has 0 atom stereocenters. The van der Waals surface area contributed by atoms with E-state index in [2.05, 4.69) is 26.0 Å². The zero-order valence-electron chi connectivity index (χ0n) is 8.79. The van der Waals surface area contributed by atoms with Crippen molar-refractivity contribution in [2.45, 2.75) is 10.1 Å². The van der Waals surface area contributed by atoms with E-state index in [-0.39, 0.29) is 5.56 Å². The molecular weight excluding hydrogens is 306 g/mol. The lowest BCUT2D eigenvalue weighted by Gasteiger charge is -2.06. The van der Waals surface area contributed by atoms with Gasteiger partial charge in [0.25, 0.3) is 0 Å². The Morgan fingerprint density at radius 1 is 1.53 bits per heavy atom. The van der Waals surface area contributed by atoms with Gasteiger partial charge in [0, 0.05) is 16.4 Å². The molecule has 0 saturated heterocycles. The van der Waals surface area contributed by atoms with Crippen LogP contribution in [0.2, 0.25) is 0 Å². The molecule has 5 nitrogen and oxygen atoms in total. The van der Waals surface area contributed by atoms with Crippen LogP contribution in [0.4, 0.5) is 0 Å². The molecule has 1 aromatic carbocycles. The third-order valence-corrected chi connectivity index (χ3v) is 3.83. The van der Waals surface area contributed by atoms with E-state index < -0.39 is 5.97 Å². The van der Waals surface area contributed by atoms with E-state index in [1.807, 2.05) is 0 Å². The molecule has 0 radical (unpaired) electrons. The van der Waals surface area contributed by atoms with Gasteiger partial charge in [0.15, 0.2) is 5.16 Å². The predicted molar refractivity (Wildman–Crippen MR) is 66.2 cm³/mol. The minimum atomic E-state index is -0.970. The molecule has 2 rings (SSSR count). The second-order valence-corrected chi connectivity index (χ2v) is 5.05. The molecule has 0 aliphatic heterocycles. The second kappa shape index (κ2) is 4.89. The van der Waals surface area contributed by atoms with Crippen molar-refractivity contribution in [2.24, 2.45) is 7.05 Å². The number of hydrogen-bond acceptors (Lipinski definition) is 4. The maximum atomic E-state index is 11.2. The second-order valence-electron chi connectivity index (χ2n) is 3.19. The van der Waals surface area contributed by atoms with Crippen LogP contribution in [0.25, 0.3) is 0 Å². The molecule has 0 saturated carbocycles. The van der Waals surface area contributed by atoms with Gasteiger partial charge >= 0.3 is 5.97 Å². The van der Waals surface area contributed by atoms with Gasteiger partial charge in [0.1, 0.15) is 6.33 Å². The standard InChI is InChI=1S/C10H8BrN3O2S/c1-14-10(12-5-13-14)17-7-4-2-3-6(11)8(7)9(15)16/h2-5H,1H3,(H,15,16). The third-order valence-electron chi connectivity index (χ3n) is 2.06. The van der Waals surface area contributed by atoms with Gasteiger partial charge in [-0.3, -0.25) is 0 Å². The topological polar surface area (TPSA) is 68.0 Å². The lowest BCUT2D eigenvalue weighted by atomic mass is 10.2. The van der Waals surface area contributed by atoms with Gasteiger partial charge in [-0.2, -0.15) is 5.10 Å². The van der Waals surface area contributed by atoms with Crippen LogP contribution < -0.4 is 0 Å². The summed E-state index contributed by atoms with van der Waals surface area (Å²) in [6, 6.07) is 5.23. The van der Waals surface area contributed by atoms with Gasteiger partial charge < -0.3 is 5.11 Å². The summed E-state index contributed by atoms with van der Waals surface area (Å²) in [5, 5.41) is 13.7. The molecule has 0 amide bonds. The average Bonchev–Trinajstić information content (AvgIpc) is 2.64. The van der Waals surface area contributed by atoms with Crippen LogP contribution in [-0.4, -0.2) is 25.8 Å². The summed E-state index contributed by atoms with van der Waals surface area (Å²) in [7, 11) is 1.76. The Labute approximate surface area is 110 Å². The van der Waals surface area contributed by atoms with Crippen LogP contribution in [0, 0.1) is 0 Å². The highest BCUT2D eigenvalue weighted by Gasteiger charge is 2.16. The van der Waals surface area contributed by atoms with Crippen LogP contribution in [-0.2, 0) is 7.05 Å². The highest BCUT2D eigenvalue weighted by molar-refractivity contribution is 9.10. The maximum absolute atomic E-state index is 11.2. The number of aromatic carboxylic acids is 1. The zero-order valence-corrected chi connectivity index (χ0v) is 11.2. The quantitative estimate of drug-likeness (QED) is 0.942. The Balaban J connectivity index is 2.43. The number of carboxylic acid groups (broad SMARTS) is 1. The van der Waals surface area contributed by atoms with Crippen molar-refractivity contribution in [1.82, 2.24) is 14.8 Å². The van der Waals surface area contributed by atoms with Gasteiger partial charge in [0.05, 0.1) is 5.56 Å². The number of carbonyl (C=O) groups is 1. The summed E-state index contributed by atoms with van der Waals surface area (Å²) in [6.07, 6.45) is 1.43. The normalized spacial score (nSPS) is 10.5. The maximum Gasteiger partial charge on any atom is 0.338 e. The highest BCUT2D eigenvalue weighted by atomic mass is 79.9. The number of rotatable bonds is 3. The van der Waals surface area contributed by atoms with Gasteiger partial charge in [-0.05, 0) is 39.8 Å². The summed E-state index contributed by atoms with van der Waals surface area (Å²) in [5.74, 6) is -0.970. The number of hydrogen-bond donors (Lipinski definition) is 1. The number of aryl methyl sites for hydroxylation is 1. The van der Waals surface area contributed by atoms with Crippen molar-refractivity contribution >= 4 is 33.7 Å². The number of carboxylic acids is 1. The van der Waals surface area contributed by atoms with Crippen LogP contribution >= 0.6 is 27.7 Å². The van der Waals surface area contributed by atoms with Crippen molar-refractivity contribution in [3.63, 3.8) is 0 Å². The molecule has 1 aromatic heterocycles. The lowest BCUT2D eigenvalue weighted by Crippen LogP contribution is -2.01. The first-order valence-electron chi connectivity index (χ1n) is 4.63. The summed E-state index contributed by atoms with van der Waals surface area (Å²) in [6.45, 7) is 0. The Morgan fingerprint density at radius 3 is 2.88 bits per heavy atom. The highest BCUT2D eigenvalue weighted by Crippen LogP contribution is 2.32. The molecule has 17 heavy (non-hydrogen) atoms. The Kier molecular flexibility index (Phi) is 3.49. The van der Waals surface area contributed by atoms with E-state index in [1.54, 1.807) is 29.9 Å². The number of halogens is 1. The van der Waals surface area contributed by atoms with E-state index in [0.29, 0.717) is 14.5 Å². The van der Waals surface area contributed by atoms with Crippen molar-refractivity contribution in [2.75, 3.05) is 0 Å². The average molecular weight is 314 g/mol. The first kappa shape index (κ1) is 12.1. The Bertz CT molecular complexity index is 570. The monoisotopic (exact) mass is 313 g/mol. The van der Waals surface area contributed by atoms with E-state index in [0.717, 1.165) is 0 Å². The molecular formula is C10H8BrN3O2S. The lowest BCUT2D eigenvalue weighted by molar-refractivity contribution is 0.0692. The number of benzene rings is 1. The minimum absolute atomic E-state index is 0.237. The molecule has 0 unspecified atom stereocenters. The van der Waals surface area contributed by atoms with E-state index in [1.165, 1.54) is 18.1 Å². The molecule has 0 aliphatic rings. The van der Waals surface area contributed by atoms with Gasteiger partial charge in [-0.1, -0.05) is 6.07 Å². The van der Waals surface area contributed by atoms with Crippen LogP contribution in [0.5, 0.6) is 0 Å². The van der Waals surface area contributed by atoms with Gasteiger partial charge in [-0.25, -0.2) is 14.5 Å². The van der Waals surface area contributed by atoms with E-state index in [9.17, 15) is 4.79 Å². The fourth-order valence-electron chi connectivity index (χ4n) is 1.27. The first-order chi connectivity index (χ1) is 8.09. The Morgan fingerprint density at radius 2 is 2.29 bits per heavy atom. The van der Waals surface area contributed by atoms with Crippen LogP contribution in [0.3, 0.4) is 0 Å². The van der Waals surface area contributed by atoms with Crippen molar-refractivity contribution in [1.29, 1.82) is 0 Å². The molecule has 0 aliphatic carbocycles. The van der Waals surface area contributed by atoms with Crippen LogP contribution in [0.15, 0.2) is 39.1 Å². The SMILES string of the molecule is Cn1ncnc1Sc1cccc(Br)c1C(=O)O.